The molecular weight excluding hydrogens is 258 g/mol. The van der Waals surface area contributed by atoms with Crippen LogP contribution in [-0.2, 0) is 5.41 Å². The molecule has 1 aromatic heterocycles. The van der Waals surface area contributed by atoms with Gasteiger partial charge in [-0.1, -0.05) is 45.2 Å². The number of hydrogen-bond donors (Lipinski definition) is 0. The topological polar surface area (TPSA) is 29.0 Å². The molecule has 1 aliphatic rings. The molecule has 1 aromatic rings. The average molecular weight is 282 g/mol. The molecule has 1 aliphatic carbocycles. The maximum atomic E-state index is 6.19. The molecule has 0 saturated heterocycles. The van der Waals surface area contributed by atoms with Gasteiger partial charge in [0.2, 0.25) is 0 Å². The van der Waals surface area contributed by atoms with E-state index in [0.717, 1.165) is 18.2 Å². The van der Waals surface area contributed by atoms with Gasteiger partial charge in [-0.25, -0.2) is 9.97 Å². The summed E-state index contributed by atoms with van der Waals surface area (Å²) in [6, 6.07) is 2.52. The van der Waals surface area contributed by atoms with E-state index < -0.39 is 0 Å². The highest BCUT2D eigenvalue weighted by atomic mass is 35.5. The maximum Gasteiger partial charge on any atom is 0.137 e. The minimum atomic E-state index is -0.0747. The van der Waals surface area contributed by atoms with Crippen LogP contribution in [0.25, 0.3) is 0 Å². The van der Waals surface area contributed by atoms with E-state index in [2.05, 4.69) is 37.6 Å². The van der Waals surface area contributed by atoms with Gasteiger partial charge in [0.05, 0.1) is 0 Å². The molecule has 0 spiro atoms. The van der Waals surface area contributed by atoms with Crippen LogP contribution in [0, 0.1) is 0 Å². The van der Waals surface area contributed by atoms with Crippen LogP contribution < -0.4 is 4.90 Å². The number of halogens is 1. The molecule has 0 aliphatic heterocycles. The van der Waals surface area contributed by atoms with E-state index in [1.165, 1.54) is 25.7 Å². The second kappa shape index (κ2) is 5.66. The van der Waals surface area contributed by atoms with Gasteiger partial charge in [0.25, 0.3) is 0 Å². The molecule has 0 atom stereocenters. The van der Waals surface area contributed by atoms with Gasteiger partial charge in [-0.2, -0.15) is 0 Å². The van der Waals surface area contributed by atoms with Crippen molar-refractivity contribution in [3.8, 4) is 0 Å². The van der Waals surface area contributed by atoms with Crippen LogP contribution in [-0.4, -0.2) is 22.6 Å². The van der Waals surface area contributed by atoms with E-state index in [1.807, 2.05) is 6.07 Å². The second-order valence-corrected chi connectivity index (χ2v) is 6.73. The van der Waals surface area contributed by atoms with Crippen molar-refractivity contribution < 1.29 is 0 Å². The van der Waals surface area contributed by atoms with E-state index in [-0.39, 0.29) is 5.41 Å². The molecule has 0 aromatic carbocycles. The first-order valence-corrected chi connectivity index (χ1v) is 7.61. The lowest BCUT2D eigenvalue weighted by molar-refractivity contribution is 0.539. The molecule has 0 amide bonds. The predicted octanol–water partition coefficient (Wildman–Crippen LogP) is 4.20. The molecule has 0 unspecified atom stereocenters. The maximum absolute atomic E-state index is 6.19. The minimum Gasteiger partial charge on any atom is -0.354 e. The van der Waals surface area contributed by atoms with Crippen molar-refractivity contribution >= 4 is 17.4 Å². The van der Waals surface area contributed by atoms with Gasteiger partial charge in [0, 0.05) is 24.1 Å². The van der Waals surface area contributed by atoms with Crippen molar-refractivity contribution in [1.29, 1.82) is 0 Å². The van der Waals surface area contributed by atoms with Crippen molar-refractivity contribution in [3.05, 3.63) is 17.0 Å². The quantitative estimate of drug-likeness (QED) is 0.778. The van der Waals surface area contributed by atoms with Crippen LogP contribution in [0.1, 0.15) is 59.2 Å². The third-order valence-electron chi connectivity index (χ3n) is 3.75. The SMILES string of the molecule is CCN(c1cc(Cl)nc(C(C)(C)C)n1)C1CCCC1. The summed E-state index contributed by atoms with van der Waals surface area (Å²) in [7, 11) is 0. The second-order valence-electron chi connectivity index (χ2n) is 6.35. The standard InChI is InChI=1S/C15H24ClN3/c1-5-19(11-8-6-7-9-11)13-10-12(16)17-14(18-13)15(2,3)4/h10-11H,5-9H2,1-4H3. The van der Waals surface area contributed by atoms with Crippen LogP contribution in [0.4, 0.5) is 5.82 Å². The van der Waals surface area contributed by atoms with Crippen molar-refractivity contribution in [2.75, 3.05) is 11.4 Å². The van der Waals surface area contributed by atoms with Gasteiger partial charge in [0.1, 0.15) is 16.8 Å². The zero-order valence-electron chi connectivity index (χ0n) is 12.4. The summed E-state index contributed by atoms with van der Waals surface area (Å²) in [5.41, 5.74) is -0.0747. The van der Waals surface area contributed by atoms with E-state index in [9.17, 15) is 0 Å². The predicted molar refractivity (Wildman–Crippen MR) is 81.0 cm³/mol. The Morgan fingerprint density at radius 3 is 2.42 bits per heavy atom. The summed E-state index contributed by atoms with van der Waals surface area (Å²) in [6.45, 7) is 9.52. The average Bonchev–Trinajstić information content (AvgIpc) is 2.82. The Hall–Kier alpha value is -0.830. The van der Waals surface area contributed by atoms with E-state index >= 15 is 0 Å². The fourth-order valence-corrected chi connectivity index (χ4v) is 2.89. The monoisotopic (exact) mass is 281 g/mol. The fraction of sp³-hybridized carbons (Fsp3) is 0.733. The minimum absolute atomic E-state index is 0.0747. The molecule has 1 heterocycles. The van der Waals surface area contributed by atoms with Crippen molar-refractivity contribution in [1.82, 2.24) is 9.97 Å². The number of aromatic nitrogens is 2. The number of nitrogens with zero attached hydrogens (tertiary/aromatic N) is 3. The molecule has 0 N–H and O–H groups in total. The van der Waals surface area contributed by atoms with Gasteiger partial charge >= 0.3 is 0 Å². The third-order valence-corrected chi connectivity index (χ3v) is 3.95. The van der Waals surface area contributed by atoms with Crippen LogP contribution >= 0.6 is 11.6 Å². The van der Waals surface area contributed by atoms with E-state index in [0.29, 0.717) is 11.2 Å². The summed E-state index contributed by atoms with van der Waals surface area (Å²) >= 11 is 6.19. The molecule has 0 bridgehead atoms. The lowest BCUT2D eigenvalue weighted by atomic mass is 9.96. The first kappa shape index (κ1) is 14.6. The summed E-state index contributed by atoms with van der Waals surface area (Å²) in [4.78, 5) is 11.5. The number of rotatable bonds is 3. The van der Waals surface area contributed by atoms with Crippen molar-refractivity contribution in [2.45, 2.75) is 64.8 Å². The Balaban J connectivity index is 2.34. The molecule has 4 heteroatoms. The summed E-state index contributed by atoms with van der Waals surface area (Å²) in [6.07, 6.45) is 5.18. The Morgan fingerprint density at radius 2 is 1.89 bits per heavy atom. The third kappa shape index (κ3) is 3.38. The highest BCUT2D eigenvalue weighted by Crippen LogP contribution is 2.29. The van der Waals surface area contributed by atoms with Crippen LogP contribution in [0.5, 0.6) is 0 Å². The van der Waals surface area contributed by atoms with Gasteiger partial charge in [0.15, 0.2) is 0 Å². The highest BCUT2D eigenvalue weighted by Gasteiger charge is 2.25. The van der Waals surface area contributed by atoms with Crippen LogP contribution in [0.3, 0.4) is 0 Å². The normalized spacial score (nSPS) is 16.9. The molecule has 106 valence electrons. The Labute approximate surface area is 121 Å². The Kier molecular flexibility index (Phi) is 4.34. The first-order chi connectivity index (χ1) is 8.91. The molecule has 19 heavy (non-hydrogen) atoms. The Bertz CT molecular complexity index is 434. The molecule has 0 radical (unpaired) electrons. The molecule has 1 saturated carbocycles. The zero-order valence-corrected chi connectivity index (χ0v) is 13.2. The van der Waals surface area contributed by atoms with Crippen LogP contribution in [0.15, 0.2) is 6.07 Å². The molecule has 3 nitrogen and oxygen atoms in total. The van der Waals surface area contributed by atoms with E-state index in [1.54, 1.807) is 0 Å². The molecule has 1 fully saturated rings. The molecule has 2 rings (SSSR count). The summed E-state index contributed by atoms with van der Waals surface area (Å²) in [5.74, 6) is 1.81. The van der Waals surface area contributed by atoms with Crippen molar-refractivity contribution in [3.63, 3.8) is 0 Å². The fourth-order valence-electron chi connectivity index (χ4n) is 2.71. The largest absolute Gasteiger partial charge is 0.354 e. The summed E-state index contributed by atoms with van der Waals surface area (Å²) in [5, 5.41) is 0.548. The van der Waals surface area contributed by atoms with Crippen LogP contribution in [0.2, 0.25) is 5.15 Å². The van der Waals surface area contributed by atoms with Gasteiger partial charge in [-0.3, -0.25) is 0 Å². The zero-order chi connectivity index (χ0) is 14.0. The van der Waals surface area contributed by atoms with Crippen molar-refractivity contribution in [2.24, 2.45) is 0 Å². The smallest absolute Gasteiger partial charge is 0.137 e. The lowest BCUT2D eigenvalue weighted by Crippen LogP contribution is -2.34. The van der Waals surface area contributed by atoms with Gasteiger partial charge in [-0.15, -0.1) is 0 Å². The van der Waals surface area contributed by atoms with Gasteiger partial charge < -0.3 is 4.90 Å². The first-order valence-electron chi connectivity index (χ1n) is 7.23. The number of anilines is 1. The Morgan fingerprint density at radius 1 is 1.26 bits per heavy atom. The van der Waals surface area contributed by atoms with E-state index in [4.69, 9.17) is 16.6 Å². The lowest BCUT2D eigenvalue weighted by Gasteiger charge is -2.30. The van der Waals surface area contributed by atoms with Gasteiger partial charge in [-0.05, 0) is 19.8 Å². The summed E-state index contributed by atoms with van der Waals surface area (Å²) < 4.78 is 0. The molecular formula is C15H24ClN3. The number of hydrogen-bond acceptors (Lipinski definition) is 3. The highest BCUT2D eigenvalue weighted by molar-refractivity contribution is 6.29.